The summed E-state index contributed by atoms with van der Waals surface area (Å²) in [4.78, 5) is 14.1. The quantitative estimate of drug-likeness (QED) is 0.756. The second-order valence-electron chi connectivity index (χ2n) is 5.12. The largest absolute Gasteiger partial charge is 0.396 e. The molecular formula is C14H12Cl2N4O3S. The van der Waals surface area contributed by atoms with Crippen LogP contribution in [0.3, 0.4) is 0 Å². The molecule has 0 bridgehead atoms. The van der Waals surface area contributed by atoms with E-state index >= 15 is 0 Å². The van der Waals surface area contributed by atoms with Gasteiger partial charge < -0.3 is 16.0 Å². The summed E-state index contributed by atoms with van der Waals surface area (Å²) in [6.07, 6.45) is 4.81. The smallest absolute Gasteiger partial charge is 0.259 e. The topological polar surface area (TPSA) is 105 Å². The number of rotatable bonds is 2. The van der Waals surface area contributed by atoms with E-state index in [0.717, 1.165) is 0 Å². The number of carbonyl (C=O) groups is 1. The number of carbonyl (C=O) groups excluding carboxylic acids is 1. The van der Waals surface area contributed by atoms with E-state index in [1.54, 1.807) is 17.2 Å². The number of nitrogens with one attached hydrogen (secondary N) is 1. The monoisotopic (exact) mass is 386 g/mol. The summed E-state index contributed by atoms with van der Waals surface area (Å²) in [5.74, 6) is -0.537. The highest BCUT2D eigenvalue weighted by molar-refractivity contribution is 7.90. The molecule has 0 radical (unpaired) electrons. The second kappa shape index (κ2) is 6.12. The lowest BCUT2D eigenvalue weighted by Crippen LogP contribution is -2.40. The lowest BCUT2D eigenvalue weighted by molar-refractivity contribution is -0.112. The average molecular weight is 387 g/mol. The lowest BCUT2D eigenvalue weighted by atomic mass is 10.1. The van der Waals surface area contributed by atoms with Crippen molar-refractivity contribution in [3.05, 3.63) is 46.1 Å². The first-order valence-electron chi connectivity index (χ1n) is 6.81. The van der Waals surface area contributed by atoms with Crippen LogP contribution in [-0.4, -0.2) is 37.4 Å². The van der Waals surface area contributed by atoms with Crippen LogP contribution in [0.5, 0.6) is 0 Å². The minimum absolute atomic E-state index is 0.0916. The van der Waals surface area contributed by atoms with Crippen molar-refractivity contribution in [2.24, 2.45) is 4.40 Å². The van der Waals surface area contributed by atoms with Crippen LogP contribution >= 0.6 is 23.2 Å². The molecule has 1 aromatic carbocycles. The number of hydrogen-bond acceptors (Lipinski definition) is 5. The minimum Gasteiger partial charge on any atom is -0.396 e. The van der Waals surface area contributed by atoms with Crippen LogP contribution in [0.4, 0.5) is 11.4 Å². The summed E-state index contributed by atoms with van der Waals surface area (Å²) in [6, 6.07) is 2.91. The van der Waals surface area contributed by atoms with E-state index in [1.165, 1.54) is 18.2 Å². The van der Waals surface area contributed by atoms with E-state index in [0.29, 0.717) is 5.69 Å². The molecule has 1 aromatic rings. The molecule has 2 heterocycles. The maximum absolute atomic E-state index is 12.5. The fourth-order valence-electron chi connectivity index (χ4n) is 2.25. The Hall–Kier alpha value is -2.03. The molecule has 0 spiro atoms. The maximum Gasteiger partial charge on any atom is 0.259 e. The zero-order valence-electron chi connectivity index (χ0n) is 12.2. The van der Waals surface area contributed by atoms with Crippen LogP contribution < -0.4 is 11.1 Å². The SMILES string of the molecule is Nc1c(Cl)cc(NC(=O)C2=CC=CN3CCS(=O)(=O)N=C23)cc1Cl. The van der Waals surface area contributed by atoms with Crippen molar-refractivity contribution in [2.45, 2.75) is 0 Å². The van der Waals surface area contributed by atoms with Crippen LogP contribution in [0.1, 0.15) is 0 Å². The van der Waals surface area contributed by atoms with Gasteiger partial charge in [0.05, 0.1) is 27.1 Å². The average Bonchev–Trinajstić information content (AvgIpc) is 2.51. The number of nitrogens with zero attached hydrogens (tertiary/aromatic N) is 2. The molecule has 2 aliphatic rings. The van der Waals surface area contributed by atoms with Crippen LogP contribution in [0, 0.1) is 0 Å². The number of nitrogens with two attached hydrogens (primary N) is 1. The fourth-order valence-corrected chi connectivity index (χ4v) is 3.72. The van der Waals surface area contributed by atoms with E-state index in [1.807, 2.05) is 0 Å². The molecule has 0 aliphatic carbocycles. The highest BCUT2D eigenvalue weighted by atomic mass is 35.5. The van der Waals surface area contributed by atoms with Gasteiger partial charge >= 0.3 is 0 Å². The number of nitrogen functional groups attached to an aromatic ring is 1. The molecule has 1 amide bonds. The molecular weight excluding hydrogens is 375 g/mol. The highest BCUT2D eigenvalue weighted by Gasteiger charge is 2.30. The number of fused-ring (bicyclic) bond motifs is 1. The van der Waals surface area contributed by atoms with Gasteiger partial charge in [0.15, 0.2) is 5.84 Å². The molecule has 3 N–H and O–H groups in total. The van der Waals surface area contributed by atoms with Crippen molar-refractivity contribution in [3.63, 3.8) is 0 Å². The van der Waals surface area contributed by atoms with Crippen LogP contribution in [-0.2, 0) is 14.8 Å². The summed E-state index contributed by atoms with van der Waals surface area (Å²) in [5, 5.41) is 3.02. The second-order valence-corrected chi connectivity index (χ2v) is 7.69. The predicted molar refractivity (Wildman–Crippen MR) is 94.7 cm³/mol. The van der Waals surface area contributed by atoms with Gasteiger partial charge in [-0.3, -0.25) is 4.79 Å². The Balaban J connectivity index is 1.91. The third-order valence-corrected chi connectivity index (χ3v) is 5.21. The number of allylic oxidation sites excluding steroid dienone is 2. The summed E-state index contributed by atoms with van der Waals surface area (Å²) in [5.41, 5.74) is 6.33. The van der Waals surface area contributed by atoms with E-state index in [-0.39, 0.29) is 39.4 Å². The van der Waals surface area contributed by atoms with E-state index in [2.05, 4.69) is 9.71 Å². The normalized spacial score (nSPS) is 18.5. The number of hydrogen-bond donors (Lipinski definition) is 2. The zero-order valence-corrected chi connectivity index (χ0v) is 14.5. The highest BCUT2D eigenvalue weighted by Crippen LogP contribution is 2.31. The van der Waals surface area contributed by atoms with Gasteiger partial charge in [-0.05, 0) is 24.3 Å². The van der Waals surface area contributed by atoms with Crippen LogP contribution in [0.15, 0.2) is 40.5 Å². The van der Waals surface area contributed by atoms with Crippen molar-refractivity contribution < 1.29 is 13.2 Å². The Kier molecular flexibility index (Phi) is 4.29. The zero-order chi connectivity index (χ0) is 17.5. The van der Waals surface area contributed by atoms with E-state index in [4.69, 9.17) is 28.9 Å². The molecule has 0 aromatic heterocycles. The minimum atomic E-state index is -3.58. The number of halogens is 2. The Morgan fingerprint density at radius 2 is 1.96 bits per heavy atom. The van der Waals surface area contributed by atoms with Gasteiger partial charge in [0.2, 0.25) is 0 Å². The molecule has 0 fully saturated rings. The van der Waals surface area contributed by atoms with Gasteiger partial charge in [-0.2, -0.15) is 0 Å². The van der Waals surface area contributed by atoms with Crippen molar-refractivity contribution in [3.8, 4) is 0 Å². The number of anilines is 2. The summed E-state index contributed by atoms with van der Waals surface area (Å²) in [7, 11) is -3.58. The standard InChI is InChI=1S/C14H12Cl2N4O3S/c15-10-6-8(7-11(16)12(10)17)18-14(21)9-2-1-3-20-4-5-24(22,23)19-13(9)20/h1-3,6-7H,4-5,17H2,(H,18,21). The number of sulfonamides is 1. The Bertz CT molecular complexity index is 899. The van der Waals surface area contributed by atoms with Crippen LogP contribution in [0.2, 0.25) is 10.0 Å². The van der Waals surface area contributed by atoms with Gasteiger partial charge in [-0.1, -0.05) is 23.2 Å². The summed E-state index contributed by atoms with van der Waals surface area (Å²) < 4.78 is 27.1. The van der Waals surface area contributed by atoms with Gasteiger partial charge in [-0.25, -0.2) is 8.42 Å². The molecule has 0 saturated carbocycles. The molecule has 0 unspecified atom stereocenters. The number of amides is 1. The Morgan fingerprint density at radius 3 is 2.62 bits per heavy atom. The fraction of sp³-hybridized carbons (Fsp3) is 0.143. The van der Waals surface area contributed by atoms with Gasteiger partial charge in [0.25, 0.3) is 15.9 Å². The van der Waals surface area contributed by atoms with Crippen molar-refractivity contribution in [1.82, 2.24) is 4.90 Å². The Morgan fingerprint density at radius 1 is 1.29 bits per heavy atom. The molecule has 0 saturated heterocycles. The third-order valence-electron chi connectivity index (χ3n) is 3.44. The van der Waals surface area contributed by atoms with Gasteiger partial charge in [0, 0.05) is 18.4 Å². The van der Waals surface area contributed by atoms with Gasteiger partial charge in [-0.15, -0.1) is 4.40 Å². The molecule has 24 heavy (non-hydrogen) atoms. The predicted octanol–water partition coefficient (Wildman–Crippen LogP) is 2.01. The Labute approximate surface area is 148 Å². The first-order valence-corrected chi connectivity index (χ1v) is 9.17. The molecule has 0 atom stereocenters. The molecule has 10 heteroatoms. The summed E-state index contributed by atoms with van der Waals surface area (Å²) in [6.45, 7) is 0.238. The molecule has 3 rings (SSSR count). The first-order chi connectivity index (χ1) is 11.3. The van der Waals surface area contributed by atoms with Crippen molar-refractivity contribution in [1.29, 1.82) is 0 Å². The molecule has 2 aliphatic heterocycles. The number of amidine groups is 1. The van der Waals surface area contributed by atoms with E-state index < -0.39 is 15.9 Å². The lowest BCUT2D eigenvalue weighted by Gasteiger charge is -2.28. The third kappa shape index (κ3) is 3.26. The van der Waals surface area contributed by atoms with Crippen molar-refractivity contribution in [2.75, 3.05) is 23.3 Å². The van der Waals surface area contributed by atoms with Gasteiger partial charge in [0.1, 0.15) is 0 Å². The molecule has 126 valence electrons. The van der Waals surface area contributed by atoms with Crippen molar-refractivity contribution >= 4 is 56.3 Å². The number of benzene rings is 1. The first kappa shape index (κ1) is 16.8. The molecule has 7 nitrogen and oxygen atoms in total. The van der Waals surface area contributed by atoms with Crippen LogP contribution in [0.25, 0.3) is 0 Å². The van der Waals surface area contributed by atoms with E-state index in [9.17, 15) is 13.2 Å². The maximum atomic E-state index is 12.5. The summed E-state index contributed by atoms with van der Waals surface area (Å²) >= 11 is 11.9.